The molecule has 170 valence electrons. The van der Waals surface area contributed by atoms with Gasteiger partial charge in [0.15, 0.2) is 8.32 Å². The third-order valence-corrected chi connectivity index (χ3v) is 11.1. The van der Waals surface area contributed by atoms with Gasteiger partial charge in [-0.25, -0.2) is 4.79 Å². The number of rotatable bonds is 7. The molecule has 1 aliphatic heterocycles. The fraction of sp³-hybridized carbons (Fsp3) is 0.370. The molecule has 0 saturated heterocycles. The van der Waals surface area contributed by atoms with Crippen LogP contribution in [0.15, 0.2) is 79.4 Å². The Balaban J connectivity index is 2.11. The van der Waals surface area contributed by atoms with Crippen LogP contribution in [0, 0.1) is 0 Å². The van der Waals surface area contributed by atoms with Crippen LogP contribution in [-0.4, -0.2) is 39.1 Å². The maximum atomic E-state index is 13.3. The first-order valence-corrected chi connectivity index (χ1v) is 14.0. The molecule has 0 bridgehead atoms. The topological polar surface area (TPSA) is 38.8 Å². The molecule has 3 rings (SSSR count). The van der Waals surface area contributed by atoms with Gasteiger partial charge in [0.2, 0.25) is 0 Å². The number of benzene rings is 2. The van der Waals surface area contributed by atoms with Gasteiger partial charge in [-0.2, -0.15) is 0 Å². The van der Waals surface area contributed by atoms with Crippen molar-refractivity contribution in [1.82, 2.24) is 4.90 Å². The molecule has 1 unspecified atom stereocenters. The summed E-state index contributed by atoms with van der Waals surface area (Å²) in [5.74, 6) is 0. The van der Waals surface area contributed by atoms with Crippen LogP contribution in [0.3, 0.4) is 0 Å². The van der Waals surface area contributed by atoms with E-state index in [9.17, 15) is 4.79 Å². The van der Waals surface area contributed by atoms with Crippen LogP contribution in [0.5, 0.6) is 0 Å². The molecule has 1 amide bonds. The van der Waals surface area contributed by atoms with Gasteiger partial charge in [-0.05, 0) is 40.9 Å². The number of hydrogen-bond acceptors (Lipinski definition) is 3. The lowest BCUT2D eigenvalue weighted by molar-refractivity contribution is 0.0602. The summed E-state index contributed by atoms with van der Waals surface area (Å²) in [5.41, 5.74) is 2.45. The predicted molar refractivity (Wildman–Crippen MR) is 134 cm³/mol. The lowest BCUT2D eigenvalue weighted by Gasteiger charge is -2.42. The van der Waals surface area contributed by atoms with Crippen LogP contribution in [0.4, 0.5) is 4.79 Å². The van der Waals surface area contributed by atoms with Gasteiger partial charge in [0, 0.05) is 0 Å². The molecule has 0 spiro atoms. The first kappa shape index (κ1) is 24.0. The lowest BCUT2D eigenvalue weighted by Crippen LogP contribution is -2.52. The zero-order chi connectivity index (χ0) is 23.4. The molecular formula is C27H35NO3Si. The first-order chi connectivity index (χ1) is 15.1. The Bertz CT molecular complexity index is 963. The average molecular weight is 450 g/mol. The zero-order valence-corrected chi connectivity index (χ0v) is 20.9. The zero-order valence-electron chi connectivity index (χ0n) is 19.9. The van der Waals surface area contributed by atoms with Crippen molar-refractivity contribution in [3.8, 4) is 0 Å². The van der Waals surface area contributed by atoms with Crippen molar-refractivity contribution in [2.75, 3.05) is 19.8 Å². The monoisotopic (exact) mass is 449 g/mol. The van der Waals surface area contributed by atoms with Crippen LogP contribution in [0.1, 0.15) is 31.9 Å². The molecule has 1 atom stereocenters. The van der Waals surface area contributed by atoms with E-state index >= 15 is 0 Å². The van der Waals surface area contributed by atoms with Gasteiger partial charge in [-0.1, -0.05) is 94.1 Å². The highest BCUT2D eigenvalue weighted by Crippen LogP contribution is 2.44. The average Bonchev–Trinajstić information content (AvgIpc) is 3.18. The molecule has 0 N–H and O–H groups in total. The Morgan fingerprint density at radius 1 is 1.09 bits per heavy atom. The van der Waals surface area contributed by atoms with E-state index in [4.69, 9.17) is 9.16 Å². The van der Waals surface area contributed by atoms with Gasteiger partial charge < -0.3 is 9.16 Å². The van der Waals surface area contributed by atoms with Crippen molar-refractivity contribution in [3.63, 3.8) is 0 Å². The van der Waals surface area contributed by atoms with Gasteiger partial charge in [-0.15, -0.1) is 0 Å². The Labute approximate surface area is 193 Å². The Morgan fingerprint density at radius 2 is 1.69 bits per heavy atom. The first-order valence-electron chi connectivity index (χ1n) is 11.1. The van der Waals surface area contributed by atoms with Crippen molar-refractivity contribution < 1.29 is 14.0 Å². The third-order valence-electron chi connectivity index (χ3n) is 6.65. The molecule has 5 heteroatoms. The highest BCUT2D eigenvalue weighted by atomic mass is 28.4. The second-order valence-electron chi connectivity index (χ2n) is 9.83. The molecule has 0 radical (unpaired) electrons. The highest BCUT2D eigenvalue weighted by Gasteiger charge is 2.48. The minimum absolute atomic E-state index is 0.0592. The molecule has 4 nitrogen and oxygen atoms in total. The number of nitrogens with zero attached hydrogens (tertiary/aromatic N) is 1. The van der Waals surface area contributed by atoms with Gasteiger partial charge in [0.1, 0.15) is 12.1 Å². The lowest BCUT2D eigenvalue weighted by atomic mass is 9.89. The molecule has 1 heterocycles. The number of ether oxygens (including phenoxy) is 1. The Hall–Kier alpha value is -2.63. The van der Waals surface area contributed by atoms with E-state index in [0.717, 1.165) is 16.7 Å². The van der Waals surface area contributed by atoms with E-state index in [2.05, 4.69) is 70.8 Å². The predicted octanol–water partition coefficient (Wildman–Crippen LogP) is 6.63. The van der Waals surface area contributed by atoms with Gasteiger partial charge in [0.05, 0.1) is 13.2 Å². The van der Waals surface area contributed by atoms with E-state index < -0.39 is 13.9 Å². The van der Waals surface area contributed by atoms with Crippen molar-refractivity contribution in [1.29, 1.82) is 0 Å². The van der Waals surface area contributed by atoms with Gasteiger partial charge in [-0.3, -0.25) is 4.90 Å². The van der Waals surface area contributed by atoms with Crippen LogP contribution < -0.4 is 0 Å². The number of amides is 1. The third kappa shape index (κ3) is 4.89. The highest BCUT2D eigenvalue weighted by molar-refractivity contribution is 6.74. The minimum atomic E-state index is -2.07. The van der Waals surface area contributed by atoms with Crippen molar-refractivity contribution in [3.05, 3.63) is 90.5 Å². The fourth-order valence-corrected chi connectivity index (χ4v) is 4.68. The largest absolute Gasteiger partial charge is 0.445 e. The SMILES string of the molecule is C=CCOC(=O)N1CC(c2ccccc2)=CC1(CO[Si](C)(C)C(C)(C)C)c1ccccc1. The quantitative estimate of drug-likeness (QED) is 0.352. The maximum Gasteiger partial charge on any atom is 0.411 e. The second-order valence-corrected chi connectivity index (χ2v) is 14.6. The summed E-state index contributed by atoms with van der Waals surface area (Å²) in [6, 6.07) is 20.3. The molecule has 2 aromatic rings. The van der Waals surface area contributed by atoms with Crippen molar-refractivity contribution >= 4 is 20.0 Å². The van der Waals surface area contributed by atoms with Crippen molar-refractivity contribution in [2.45, 2.75) is 44.4 Å². The van der Waals surface area contributed by atoms with Crippen LogP contribution >= 0.6 is 0 Å². The second kappa shape index (κ2) is 9.47. The molecule has 0 saturated carbocycles. The van der Waals surface area contributed by atoms with Crippen LogP contribution in [0.25, 0.3) is 5.57 Å². The molecule has 0 fully saturated rings. The van der Waals surface area contributed by atoms with Gasteiger partial charge in [0.25, 0.3) is 0 Å². The van der Waals surface area contributed by atoms with E-state index in [0.29, 0.717) is 13.2 Å². The smallest absolute Gasteiger partial charge is 0.411 e. The van der Waals surface area contributed by atoms with Crippen LogP contribution in [-0.2, 0) is 14.7 Å². The number of carbonyl (C=O) groups is 1. The maximum absolute atomic E-state index is 13.3. The number of hydrogen-bond donors (Lipinski definition) is 0. The summed E-state index contributed by atoms with van der Waals surface area (Å²) in [5, 5.41) is 0.0592. The van der Waals surface area contributed by atoms with Crippen molar-refractivity contribution in [2.24, 2.45) is 0 Å². The number of carbonyl (C=O) groups excluding carboxylic acids is 1. The Kier molecular flexibility index (Phi) is 7.11. The summed E-state index contributed by atoms with van der Waals surface area (Å²) >= 11 is 0. The summed E-state index contributed by atoms with van der Waals surface area (Å²) in [7, 11) is -2.07. The Morgan fingerprint density at radius 3 is 2.25 bits per heavy atom. The summed E-state index contributed by atoms with van der Waals surface area (Å²) in [4.78, 5) is 15.1. The minimum Gasteiger partial charge on any atom is -0.445 e. The van der Waals surface area contributed by atoms with E-state index in [-0.39, 0.29) is 17.7 Å². The standard InChI is InChI=1S/C27H35NO3Si/c1-7-18-30-25(29)28-20-23(22-14-10-8-11-15-22)19-27(28,24-16-12-9-13-17-24)21-31-32(5,6)26(2,3)4/h7-17,19H,1,18,20-21H2,2-6H3. The summed E-state index contributed by atoms with van der Waals surface area (Å²) < 4.78 is 12.3. The fourth-order valence-electron chi connectivity index (χ4n) is 3.66. The normalized spacial score (nSPS) is 18.9. The van der Waals surface area contributed by atoms with E-state index in [1.165, 1.54) is 0 Å². The summed E-state index contributed by atoms with van der Waals surface area (Å²) in [6.45, 7) is 15.8. The molecular weight excluding hydrogens is 414 g/mol. The van der Waals surface area contributed by atoms with E-state index in [1.54, 1.807) is 11.0 Å². The molecule has 32 heavy (non-hydrogen) atoms. The van der Waals surface area contributed by atoms with E-state index in [1.807, 2.05) is 36.4 Å². The molecule has 0 aromatic heterocycles. The van der Waals surface area contributed by atoms with Gasteiger partial charge >= 0.3 is 6.09 Å². The molecule has 1 aliphatic rings. The summed E-state index contributed by atoms with van der Waals surface area (Å²) in [6.07, 6.45) is 3.42. The molecule has 0 aliphatic carbocycles. The molecule has 2 aromatic carbocycles. The van der Waals surface area contributed by atoms with Crippen LogP contribution in [0.2, 0.25) is 18.1 Å².